The van der Waals surface area contributed by atoms with Gasteiger partial charge in [0.15, 0.2) is 0 Å². The number of hydrogen-bond acceptors (Lipinski definition) is 5. The Balaban J connectivity index is 1.80. The minimum absolute atomic E-state index is 0.0985. The fourth-order valence-electron chi connectivity index (χ4n) is 3.98. The molecule has 3 heterocycles. The zero-order valence-corrected chi connectivity index (χ0v) is 16.0. The standard InChI is InChI=1S/C22H24N4O2/c1-22(19(27)13-16-7-3-2-4-8-16)10-5-6-12-26-20(28)14-18(25-21(22)26)17-9-11-23-15-24-17/h2-4,7-9,11,14-15,19,27H,5-6,10,12-13H2,1H3. The molecule has 0 bridgehead atoms. The van der Waals surface area contributed by atoms with E-state index in [1.807, 2.05) is 37.3 Å². The van der Waals surface area contributed by atoms with Crippen LogP contribution in [0.25, 0.3) is 11.4 Å². The lowest BCUT2D eigenvalue weighted by Gasteiger charge is -2.34. The smallest absolute Gasteiger partial charge is 0.254 e. The summed E-state index contributed by atoms with van der Waals surface area (Å²) in [5.74, 6) is 0.648. The molecule has 6 heteroatoms. The first-order valence-electron chi connectivity index (χ1n) is 9.69. The number of fused-ring (bicyclic) bond motifs is 1. The van der Waals surface area contributed by atoms with Gasteiger partial charge in [-0.1, -0.05) is 36.8 Å². The molecule has 1 aliphatic rings. The summed E-state index contributed by atoms with van der Waals surface area (Å²) in [5.41, 5.74) is 1.49. The van der Waals surface area contributed by atoms with Gasteiger partial charge in [0.1, 0.15) is 12.2 Å². The maximum absolute atomic E-state index is 12.9. The predicted octanol–water partition coefficient (Wildman–Crippen LogP) is 2.75. The number of hydrogen-bond donors (Lipinski definition) is 1. The molecule has 0 radical (unpaired) electrons. The maximum atomic E-state index is 12.9. The van der Waals surface area contributed by atoms with Crippen molar-refractivity contribution >= 4 is 0 Å². The van der Waals surface area contributed by atoms with Gasteiger partial charge >= 0.3 is 0 Å². The van der Waals surface area contributed by atoms with Gasteiger partial charge in [-0.25, -0.2) is 15.0 Å². The Hall–Kier alpha value is -2.86. The molecule has 0 saturated carbocycles. The lowest BCUT2D eigenvalue weighted by molar-refractivity contribution is 0.0779. The van der Waals surface area contributed by atoms with E-state index >= 15 is 0 Å². The Morgan fingerprint density at radius 1 is 1.18 bits per heavy atom. The minimum atomic E-state index is -0.646. The van der Waals surface area contributed by atoms with Crippen LogP contribution in [-0.2, 0) is 18.4 Å². The van der Waals surface area contributed by atoms with Crippen LogP contribution < -0.4 is 5.56 Å². The average molecular weight is 376 g/mol. The number of aliphatic hydroxyl groups is 1. The predicted molar refractivity (Wildman–Crippen MR) is 107 cm³/mol. The third-order valence-electron chi connectivity index (χ3n) is 5.70. The Bertz CT molecular complexity index is 1000. The molecule has 2 unspecified atom stereocenters. The van der Waals surface area contributed by atoms with Crippen molar-refractivity contribution in [3.05, 3.63) is 76.7 Å². The molecule has 0 amide bonds. The molecule has 0 fully saturated rings. The topological polar surface area (TPSA) is 80.9 Å². The Morgan fingerprint density at radius 2 is 2.00 bits per heavy atom. The van der Waals surface area contributed by atoms with E-state index in [0.717, 1.165) is 24.8 Å². The number of aromatic nitrogens is 4. The van der Waals surface area contributed by atoms with Crippen molar-refractivity contribution in [2.24, 2.45) is 0 Å². The van der Waals surface area contributed by atoms with Crippen LogP contribution in [0, 0.1) is 0 Å². The van der Waals surface area contributed by atoms with E-state index in [4.69, 9.17) is 4.98 Å². The number of nitrogens with zero attached hydrogens (tertiary/aromatic N) is 4. The molecule has 1 aromatic carbocycles. The van der Waals surface area contributed by atoms with Gasteiger partial charge in [0, 0.05) is 18.8 Å². The van der Waals surface area contributed by atoms with Crippen LogP contribution >= 0.6 is 0 Å². The van der Waals surface area contributed by atoms with E-state index in [1.165, 1.54) is 12.4 Å². The van der Waals surface area contributed by atoms with Crippen LogP contribution in [0.1, 0.15) is 37.6 Å². The van der Waals surface area contributed by atoms with Crippen molar-refractivity contribution in [1.82, 2.24) is 19.5 Å². The fourth-order valence-corrected chi connectivity index (χ4v) is 3.98. The maximum Gasteiger partial charge on any atom is 0.254 e. The average Bonchev–Trinajstić information content (AvgIpc) is 2.90. The molecular weight excluding hydrogens is 352 g/mol. The summed E-state index contributed by atoms with van der Waals surface area (Å²) in [6.45, 7) is 2.65. The molecule has 2 aromatic heterocycles. The molecule has 2 atom stereocenters. The number of benzene rings is 1. The molecule has 6 nitrogen and oxygen atoms in total. The van der Waals surface area contributed by atoms with Crippen molar-refractivity contribution in [2.45, 2.75) is 50.7 Å². The van der Waals surface area contributed by atoms with Crippen molar-refractivity contribution in [3.63, 3.8) is 0 Å². The van der Waals surface area contributed by atoms with Gasteiger partial charge in [-0.2, -0.15) is 0 Å². The van der Waals surface area contributed by atoms with Crippen LogP contribution in [0.3, 0.4) is 0 Å². The van der Waals surface area contributed by atoms with E-state index in [-0.39, 0.29) is 5.56 Å². The summed E-state index contributed by atoms with van der Waals surface area (Å²) in [4.78, 5) is 25.9. The first kappa shape index (κ1) is 18.5. The molecule has 1 aliphatic heterocycles. The summed E-state index contributed by atoms with van der Waals surface area (Å²) < 4.78 is 1.73. The zero-order valence-electron chi connectivity index (χ0n) is 16.0. The summed E-state index contributed by atoms with van der Waals surface area (Å²) in [6.07, 6.45) is 5.57. The van der Waals surface area contributed by atoms with Gasteiger partial charge in [0.2, 0.25) is 0 Å². The van der Waals surface area contributed by atoms with Crippen LogP contribution in [0.5, 0.6) is 0 Å². The SMILES string of the molecule is CC1(C(O)Cc2ccccc2)CCCCn2c1nc(-c1ccncn1)cc2=O. The number of aliphatic hydroxyl groups excluding tert-OH is 1. The zero-order chi connectivity index (χ0) is 19.6. The molecule has 0 spiro atoms. The highest BCUT2D eigenvalue weighted by Crippen LogP contribution is 2.36. The Morgan fingerprint density at radius 3 is 2.75 bits per heavy atom. The van der Waals surface area contributed by atoms with Gasteiger partial charge < -0.3 is 5.11 Å². The quantitative estimate of drug-likeness (QED) is 0.757. The highest BCUT2D eigenvalue weighted by atomic mass is 16.3. The minimum Gasteiger partial charge on any atom is -0.392 e. The normalized spacial score (nSPS) is 20.2. The third-order valence-corrected chi connectivity index (χ3v) is 5.70. The second kappa shape index (κ2) is 7.64. The highest BCUT2D eigenvalue weighted by molar-refractivity contribution is 5.52. The largest absolute Gasteiger partial charge is 0.392 e. The molecule has 0 aliphatic carbocycles. The van der Waals surface area contributed by atoms with Crippen LogP contribution in [0.15, 0.2) is 59.8 Å². The monoisotopic (exact) mass is 376 g/mol. The van der Waals surface area contributed by atoms with Gasteiger partial charge in [0.05, 0.1) is 22.9 Å². The second-order valence-corrected chi connectivity index (χ2v) is 7.63. The van der Waals surface area contributed by atoms with Crippen LogP contribution in [0.2, 0.25) is 0 Å². The summed E-state index contributed by atoms with van der Waals surface area (Å²) in [5, 5.41) is 11.2. The van der Waals surface area contributed by atoms with Crippen molar-refractivity contribution in [1.29, 1.82) is 0 Å². The Labute approximate surface area is 164 Å². The van der Waals surface area contributed by atoms with Gasteiger partial charge in [-0.05, 0) is 37.8 Å². The highest BCUT2D eigenvalue weighted by Gasteiger charge is 2.40. The first-order valence-corrected chi connectivity index (χ1v) is 9.69. The van der Waals surface area contributed by atoms with Crippen LogP contribution in [-0.4, -0.2) is 30.7 Å². The van der Waals surface area contributed by atoms with E-state index in [0.29, 0.717) is 30.2 Å². The fraction of sp³-hybridized carbons (Fsp3) is 0.364. The van der Waals surface area contributed by atoms with Crippen molar-refractivity contribution in [2.75, 3.05) is 0 Å². The molecular formula is C22H24N4O2. The molecule has 28 heavy (non-hydrogen) atoms. The Kier molecular flexibility index (Phi) is 5.05. The van der Waals surface area contributed by atoms with Gasteiger partial charge in [0.25, 0.3) is 5.56 Å². The first-order chi connectivity index (χ1) is 13.6. The molecule has 0 saturated heterocycles. The van der Waals surface area contributed by atoms with Crippen LogP contribution in [0.4, 0.5) is 0 Å². The van der Waals surface area contributed by atoms with Crippen molar-refractivity contribution < 1.29 is 5.11 Å². The van der Waals surface area contributed by atoms with E-state index in [2.05, 4.69) is 9.97 Å². The van der Waals surface area contributed by atoms with E-state index in [1.54, 1.807) is 16.8 Å². The molecule has 1 N–H and O–H groups in total. The van der Waals surface area contributed by atoms with Gasteiger partial charge in [-0.15, -0.1) is 0 Å². The second-order valence-electron chi connectivity index (χ2n) is 7.63. The summed E-state index contributed by atoms with van der Waals surface area (Å²) in [7, 11) is 0. The van der Waals surface area contributed by atoms with Gasteiger partial charge in [-0.3, -0.25) is 9.36 Å². The molecule has 3 aromatic rings. The molecule has 144 valence electrons. The number of rotatable bonds is 4. The lowest BCUT2D eigenvalue weighted by atomic mass is 9.76. The summed E-state index contributed by atoms with van der Waals surface area (Å²) >= 11 is 0. The summed E-state index contributed by atoms with van der Waals surface area (Å²) in [6, 6.07) is 13.2. The lowest BCUT2D eigenvalue weighted by Crippen LogP contribution is -2.43. The van der Waals surface area contributed by atoms with Crippen molar-refractivity contribution in [3.8, 4) is 11.4 Å². The molecule has 4 rings (SSSR count). The van der Waals surface area contributed by atoms with E-state index < -0.39 is 11.5 Å². The van der Waals surface area contributed by atoms with E-state index in [9.17, 15) is 9.90 Å². The third kappa shape index (κ3) is 3.47.